The van der Waals surface area contributed by atoms with Crippen molar-refractivity contribution in [1.29, 1.82) is 0 Å². The summed E-state index contributed by atoms with van der Waals surface area (Å²) in [5.41, 5.74) is 0.644. The van der Waals surface area contributed by atoms with Crippen molar-refractivity contribution in [3.63, 3.8) is 0 Å². The number of amides is 1. The molecule has 0 aromatic carbocycles. The standard InChI is InChI=1S/C9H11F3N4O/c1-6-2-13-3-7(16-6)14-4-8(17)15-5-9(10,11)12/h2-3H,4-5H2,1H3,(H,14,16)(H,15,17). The maximum atomic E-state index is 11.8. The van der Waals surface area contributed by atoms with Gasteiger partial charge in [-0.3, -0.25) is 9.78 Å². The third-order valence-corrected chi connectivity index (χ3v) is 1.67. The van der Waals surface area contributed by atoms with Gasteiger partial charge in [0.15, 0.2) is 0 Å². The lowest BCUT2D eigenvalue weighted by Crippen LogP contribution is -2.37. The molecule has 1 rings (SSSR count). The number of aromatic nitrogens is 2. The minimum absolute atomic E-state index is 0.284. The van der Waals surface area contributed by atoms with Crippen LogP contribution in [0.15, 0.2) is 12.4 Å². The quantitative estimate of drug-likeness (QED) is 0.830. The van der Waals surface area contributed by atoms with Gasteiger partial charge in [0.2, 0.25) is 5.91 Å². The molecule has 0 bridgehead atoms. The molecule has 0 spiro atoms. The van der Waals surface area contributed by atoms with E-state index in [1.807, 2.05) is 0 Å². The van der Waals surface area contributed by atoms with Crippen molar-refractivity contribution >= 4 is 11.7 Å². The Morgan fingerprint density at radius 2 is 2.12 bits per heavy atom. The second-order valence-electron chi connectivity index (χ2n) is 3.29. The number of nitrogens with one attached hydrogen (secondary N) is 2. The molecule has 0 fully saturated rings. The molecule has 1 aromatic rings. The normalized spacial score (nSPS) is 11.1. The number of nitrogens with zero attached hydrogens (tertiary/aromatic N) is 2. The van der Waals surface area contributed by atoms with Crippen LogP contribution in [0.2, 0.25) is 0 Å². The smallest absolute Gasteiger partial charge is 0.360 e. The largest absolute Gasteiger partial charge is 0.405 e. The molecule has 0 saturated carbocycles. The van der Waals surface area contributed by atoms with Crippen LogP contribution in [0, 0.1) is 6.92 Å². The van der Waals surface area contributed by atoms with Crippen molar-refractivity contribution in [3.8, 4) is 0 Å². The van der Waals surface area contributed by atoms with Gasteiger partial charge in [0.25, 0.3) is 0 Å². The molecule has 2 N–H and O–H groups in total. The van der Waals surface area contributed by atoms with Crippen LogP contribution in [-0.2, 0) is 4.79 Å². The SMILES string of the molecule is Cc1cncc(NCC(=O)NCC(F)(F)F)n1. The molecule has 5 nitrogen and oxygen atoms in total. The van der Waals surface area contributed by atoms with Crippen LogP contribution in [0.4, 0.5) is 19.0 Å². The summed E-state index contributed by atoms with van der Waals surface area (Å²) in [6.07, 6.45) is -1.50. The monoisotopic (exact) mass is 248 g/mol. The van der Waals surface area contributed by atoms with Gasteiger partial charge < -0.3 is 10.6 Å². The number of carbonyl (C=O) groups excluding carboxylic acids is 1. The summed E-state index contributed by atoms with van der Waals surface area (Å²) in [6, 6.07) is 0. The van der Waals surface area contributed by atoms with Crippen LogP contribution < -0.4 is 10.6 Å². The van der Waals surface area contributed by atoms with E-state index in [9.17, 15) is 18.0 Å². The summed E-state index contributed by atoms with van der Waals surface area (Å²) in [6.45, 7) is 0.0864. The van der Waals surface area contributed by atoms with Gasteiger partial charge in [-0.05, 0) is 6.92 Å². The Kier molecular flexibility index (Phi) is 4.24. The zero-order valence-electron chi connectivity index (χ0n) is 9.01. The molecule has 17 heavy (non-hydrogen) atoms. The Balaban J connectivity index is 2.33. The highest BCUT2D eigenvalue weighted by molar-refractivity contribution is 5.80. The maximum Gasteiger partial charge on any atom is 0.405 e. The first-order valence-corrected chi connectivity index (χ1v) is 4.73. The van der Waals surface area contributed by atoms with Crippen molar-refractivity contribution in [3.05, 3.63) is 18.1 Å². The highest BCUT2D eigenvalue weighted by Crippen LogP contribution is 2.11. The van der Waals surface area contributed by atoms with Crippen molar-refractivity contribution in [2.75, 3.05) is 18.4 Å². The molecule has 0 aliphatic heterocycles. The molecule has 0 radical (unpaired) electrons. The van der Waals surface area contributed by atoms with Crippen molar-refractivity contribution in [2.45, 2.75) is 13.1 Å². The average Bonchev–Trinajstić information content (AvgIpc) is 2.23. The van der Waals surface area contributed by atoms with E-state index in [0.717, 1.165) is 0 Å². The molecule has 0 aliphatic carbocycles. The molecular formula is C9H11F3N4O. The number of alkyl halides is 3. The number of halogens is 3. The molecule has 0 unspecified atom stereocenters. The van der Waals surface area contributed by atoms with Crippen LogP contribution in [0.25, 0.3) is 0 Å². The number of rotatable bonds is 4. The van der Waals surface area contributed by atoms with Crippen LogP contribution in [0.3, 0.4) is 0 Å². The van der Waals surface area contributed by atoms with E-state index in [1.54, 1.807) is 12.2 Å². The molecule has 1 amide bonds. The molecule has 8 heteroatoms. The van der Waals surface area contributed by atoms with E-state index < -0.39 is 18.6 Å². The van der Waals surface area contributed by atoms with Crippen molar-refractivity contribution < 1.29 is 18.0 Å². The lowest BCUT2D eigenvalue weighted by atomic mass is 10.5. The zero-order valence-corrected chi connectivity index (χ0v) is 9.01. The summed E-state index contributed by atoms with van der Waals surface area (Å²) >= 11 is 0. The van der Waals surface area contributed by atoms with Crippen LogP contribution in [-0.4, -0.2) is 35.1 Å². The predicted octanol–water partition coefficient (Wildman–Crippen LogP) is 0.875. The summed E-state index contributed by atoms with van der Waals surface area (Å²) in [5.74, 6) is -0.419. The lowest BCUT2D eigenvalue weighted by molar-refractivity contribution is -0.137. The minimum atomic E-state index is -4.40. The Labute approximate surface area is 95.5 Å². The van der Waals surface area contributed by atoms with Gasteiger partial charge in [0, 0.05) is 6.20 Å². The predicted molar refractivity (Wildman–Crippen MR) is 54.3 cm³/mol. The van der Waals surface area contributed by atoms with E-state index in [1.165, 1.54) is 12.4 Å². The van der Waals surface area contributed by atoms with Crippen molar-refractivity contribution in [2.24, 2.45) is 0 Å². The summed E-state index contributed by atoms with van der Waals surface area (Å²) in [4.78, 5) is 18.8. The minimum Gasteiger partial charge on any atom is -0.360 e. The maximum absolute atomic E-state index is 11.8. The Bertz CT molecular complexity index is 394. The van der Waals surface area contributed by atoms with Gasteiger partial charge in [-0.1, -0.05) is 0 Å². The fraction of sp³-hybridized carbons (Fsp3) is 0.444. The third kappa shape index (κ3) is 5.69. The number of hydrogen-bond donors (Lipinski definition) is 2. The molecular weight excluding hydrogens is 237 g/mol. The van der Waals surface area contributed by atoms with Gasteiger partial charge in [-0.15, -0.1) is 0 Å². The molecule has 0 saturated heterocycles. The highest BCUT2D eigenvalue weighted by atomic mass is 19.4. The zero-order chi connectivity index (χ0) is 12.9. The number of aryl methyl sites for hydroxylation is 1. The van der Waals surface area contributed by atoms with Crippen LogP contribution in [0.1, 0.15) is 5.69 Å². The second-order valence-corrected chi connectivity index (χ2v) is 3.29. The number of anilines is 1. The van der Waals surface area contributed by atoms with Gasteiger partial charge in [-0.2, -0.15) is 13.2 Å². The van der Waals surface area contributed by atoms with Gasteiger partial charge in [0.05, 0.1) is 18.4 Å². The fourth-order valence-electron chi connectivity index (χ4n) is 0.981. The summed E-state index contributed by atoms with van der Waals surface area (Å²) < 4.78 is 35.3. The molecule has 0 atom stereocenters. The van der Waals surface area contributed by atoms with Crippen LogP contribution in [0.5, 0.6) is 0 Å². The average molecular weight is 248 g/mol. The van der Waals surface area contributed by atoms with E-state index >= 15 is 0 Å². The highest BCUT2D eigenvalue weighted by Gasteiger charge is 2.27. The van der Waals surface area contributed by atoms with Gasteiger partial charge in [0.1, 0.15) is 12.4 Å². The Morgan fingerprint density at radius 3 is 2.71 bits per heavy atom. The van der Waals surface area contributed by atoms with Crippen LogP contribution >= 0.6 is 0 Å². The lowest BCUT2D eigenvalue weighted by Gasteiger charge is -2.09. The van der Waals surface area contributed by atoms with Crippen molar-refractivity contribution in [1.82, 2.24) is 15.3 Å². The Hall–Kier alpha value is -1.86. The number of hydrogen-bond acceptors (Lipinski definition) is 4. The molecule has 1 heterocycles. The Morgan fingerprint density at radius 1 is 1.41 bits per heavy atom. The van der Waals surface area contributed by atoms with Gasteiger partial charge in [-0.25, -0.2) is 4.98 Å². The fourth-order valence-corrected chi connectivity index (χ4v) is 0.981. The van der Waals surface area contributed by atoms with E-state index in [2.05, 4.69) is 15.3 Å². The summed E-state index contributed by atoms with van der Waals surface area (Å²) in [7, 11) is 0. The molecule has 0 aliphatic rings. The first-order valence-electron chi connectivity index (χ1n) is 4.73. The first-order chi connectivity index (χ1) is 7.87. The third-order valence-electron chi connectivity index (χ3n) is 1.67. The topological polar surface area (TPSA) is 66.9 Å². The number of carbonyl (C=O) groups is 1. The van der Waals surface area contributed by atoms with E-state index in [0.29, 0.717) is 11.5 Å². The first kappa shape index (κ1) is 13.2. The molecule has 1 aromatic heterocycles. The molecule has 94 valence electrons. The van der Waals surface area contributed by atoms with E-state index in [4.69, 9.17) is 0 Å². The van der Waals surface area contributed by atoms with Gasteiger partial charge >= 0.3 is 6.18 Å². The van der Waals surface area contributed by atoms with E-state index in [-0.39, 0.29) is 6.54 Å². The second kappa shape index (κ2) is 5.46. The summed E-state index contributed by atoms with van der Waals surface area (Å²) in [5, 5.41) is 4.30.